The van der Waals surface area contributed by atoms with E-state index in [1.807, 2.05) is 22.9 Å². The Kier molecular flexibility index (Phi) is 3.24. The predicted octanol–water partition coefficient (Wildman–Crippen LogP) is 4.21. The summed E-state index contributed by atoms with van der Waals surface area (Å²) in [7, 11) is 0. The van der Waals surface area contributed by atoms with Crippen LogP contribution in [0.2, 0.25) is 10.0 Å². The zero-order valence-corrected chi connectivity index (χ0v) is 13.2. The first-order valence-electron chi connectivity index (χ1n) is 7.17. The van der Waals surface area contributed by atoms with Crippen LogP contribution in [0.25, 0.3) is 0 Å². The molecule has 1 atom stereocenters. The number of fused-ring (bicyclic) bond motifs is 1. The maximum Gasteiger partial charge on any atom is 0.163 e. The predicted molar refractivity (Wildman–Crippen MR) is 86.3 cm³/mol. The average molecular weight is 334 g/mol. The topological polar surface area (TPSA) is 46.9 Å². The highest BCUT2D eigenvalue weighted by molar-refractivity contribution is 6.42. The van der Waals surface area contributed by atoms with Crippen molar-refractivity contribution in [1.29, 1.82) is 0 Å². The van der Waals surface area contributed by atoms with E-state index in [1.165, 1.54) is 0 Å². The molecule has 1 aliphatic heterocycles. The van der Waals surface area contributed by atoms with Crippen LogP contribution in [0, 0.1) is 0 Å². The van der Waals surface area contributed by atoms with Crippen molar-refractivity contribution in [1.82, 2.24) is 9.78 Å². The number of carbonyl (C=O) groups is 1. The van der Waals surface area contributed by atoms with Crippen LogP contribution >= 0.6 is 23.2 Å². The number of ketones is 1. The fraction of sp³-hybridized carbons (Fsp3) is 0.250. The second-order valence-corrected chi connectivity index (χ2v) is 6.35. The van der Waals surface area contributed by atoms with Crippen LogP contribution in [-0.4, -0.2) is 15.6 Å². The van der Waals surface area contributed by atoms with E-state index in [1.54, 1.807) is 12.3 Å². The fourth-order valence-corrected chi connectivity index (χ4v) is 3.50. The van der Waals surface area contributed by atoms with E-state index in [2.05, 4.69) is 10.4 Å². The van der Waals surface area contributed by atoms with Gasteiger partial charge in [0, 0.05) is 23.8 Å². The summed E-state index contributed by atoms with van der Waals surface area (Å²) in [4.78, 5) is 12.5. The summed E-state index contributed by atoms with van der Waals surface area (Å²) >= 11 is 12.2. The van der Waals surface area contributed by atoms with Crippen molar-refractivity contribution in [3.63, 3.8) is 0 Å². The molecule has 0 bridgehead atoms. The summed E-state index contributed by atoms with van der Waals surface area (Å²) in [5.74, 6) is 1.07. The summed E-state index contributed by atoms with van der Waals surface area (Å²) in [6.07, 6.45) is 4.07. The minimum atomic E-state index is -0.246. The van der Waals surface area contributed by atoms with Crippen LogP contribution in [0.4, 0.5) is 5.82 Å². The Labute approximate surface area is 137 Å². The Balaban J connectivity index is 1.92. The van der Waals surface area contributed by atoms with Crippen molar-refractivity contribution >= 4 is 34.8 Å². The zero-order valence-electron chi connectivity index (χ0n) is 11.6. The molecule has 0 saturated carbocycles. The van der Waals surface area contributed by atoms with Crippen molar-refractivity contribution in [3.05, 3.63) is 57.3 Å². The number of hydrogen-bond acceptors (Lipinski definition) is 3. The molecule has 112 valence electrons. The number of Topliss-reactive ketones (excluding diaryl/α,β-unsaturated/α-hetero) is 1. The molecule has 0 spiro atoms. The quantitative estimate of drug-likeness (QED) is 0.850. The Morgan fingerprint density at radius 2 is 2.05 bits per heavy atom. The standard InChI is InChI=1S/C16H13Cl2N3O/c17-10-5-4-9(8-11(10)18)16-15-12(2-1-3-13(15)22)20-14-6-7-19-21(14)16/h4-8,16,20H,1-3H2. The number of anilines is 1. The number of carbonyl (C=O) groups excluding carboxylic acids is 1. The summed E-state index contributed by atoms with van der Waals surface area (Å²) in [6.45, 7) is 0. The third-order valence-corrected chi connectivity index (χ3v) is 4.92. The second-order valence-electron chi connectivity index (χ2n) is 5.53. The number of nitrogens with zero attached hydrogens (tertiary/aromatic N) is 2. The van der Waals surface area contributed by atoms with Gasteiger partial charge in [0.2, 0.25) is 0 Å². The molecule has 4 rings (SSSR count). The summed E-state index contributed by atoms with van der Waals surface area (Å²) in [5, 5.41) is 8.71. The molecule has 1 aromatic carbocycles. The van der Waals surface area contributed by atoms with Gasteiger partial charge in [0.05, 0.1) is 16.2 Å². The van der Waals surface area contributed by atoms with Gasteiger partial charge in [-0.1, -0.05) is 29.3 Å². The van der Waals surface area contributed by atoms with Crippen molar-refractivity contribution < 1.29 is 4.79 Å². The molecule has 0 saturated heterocycles. The zero-order chi connectivity index (χ0) is 15.3. The van der Waals surface area contributed by atoms with Crippen LogP contribution in [0.1, 0.15) is 30.9 Å². The summed E-state index contributed by atoms with van der Waals surface area (Å²) in [5.41, 5.74) is 2.71. The minimum Gasteiger partial charge on any atom is -0.343 e. The SMILES string of the molecule is O=C1CCCC2=C1C(c1ccc(Cl)c(Cl)c1)n1nccc1N2. The molecule has 2 heterocycles. The molecule has 1 N–H and O–H groups in total. The molecule has 22 heavy (non-hydrogen) atoms. The maximum atomic E-state index is 12.5. The van der Waals surface area contributed by atoms with E-state index in [4.69, 9.17) is 23.2 Å². The summed E-state index contributed by atoms with van der Waals surface area (Å²) in [6, 6.07) is 7.15. The number of benzene rings is 1. The van der Waals surface area contributed by atoms with Crippen molar-refractivity contribution in [2.24, 2.45) is 0 Å². The number of hydrogen-bond donors (Lipinski definition) is 1. The highest BCUT2D eigenvalue weighted by Crippen LogP contribution is 2.41. The molecule has 1 aliphatic carbocycles. The Morgan fingerprint density at radius 1 is 1.18 bits per heavy atom. The lowest BCUT2D eigenvalue weighted by Gasteiger charge is -2.33. The van der Waals surface area contributed by atoms with E-state index in [9.17, 15) is 4.79 Å². The van der Waals surface area contributed by atoms with E-state index < -0.39 is 0 Å². The number of allylic oxidation sites excluding steroid dienone is 2. The van der Waals surface area contributed by atoms with Gasteiger partial charge in [0.25, 0.3) is 0 Å². The molecule has 2 aliphatic rings. The third-order valence-electron chi connectivity index (χ3n) is 4.18. The first-order valence-corrected chi connectivity index (χ1v) is 7.92. The number of aromatic nitrogens is 2. The largest absolute Gasteiger partial charge is 0.343 e. The third kappa shape index (κ3) is 2.06. The van der Waals surface area contributed by atoms with Gasteiger partial charge in [-0.3, -0.25) is 4.79 Å². The lowest BCUT2D eigenvalue weighted by Crippen LogP contribution is -2.31. The second kappa shape index (κ2) is 5.14. The van der Waals surface area contributed by atoms with Crippen LogP contribution in [0.3, 0.4) is 0 Å². The monoisotopic (exact) mass is 333 g/mol. The van der Waals surface area contributed by atoms with Gasteiger partial charge < -0.3 is 5.32 Å². The Morgan fingerprint density at radius 3 is 2.86 bits per heavy atom. The lowest BCUT2D eigenvalue weighted by molar-refractivity contribution is -0.116. The smallest absolute Gasteiger partial charge is 0.163 e. The van der Waals surface area contributed by atoms with Gasteiger partial charge in [-0.15, -0.1) is 0 Å². The molecule has 6 heteroatoms. The molecule has 1 aromatic heterocycles. The molecule has 4 nitrogen and oxygen atoms in total. The van der Waals surface area contributed by atoms with Gasteiger partial charge in [0.1, 0.15) is 11.9 Å². The van der Waals surface area contributed by atoms with Gasteiger partial charge in [-0.05, 0) is 30.5 Å². The normalized spacial score (nSPS) is 20.5. The van der Waals surface area contributed by atoms with Gasteiger partial charge in [0.15, 0.2) is 5.78 Å². The molecular weight excluding hydrogens is 321 g/mol. The molecule has 1 unspecified atom stereocenters. The van der Waals surface area contributed by atoms with Crippen LogP contribution in [-0.2, 0) is 4.79 Å². The van der Waals surface area contributed by atoms with Crippen molar-refractivity contribution in [2.45, 2.75) is 25.3 Å². The molecule has 0 radical (unpaired) electrons. The molecule has 2 aromatic rings. The number of rotatable bonds is 1. The highest BCUT2D eigenvalue weighted by Gasteiger charge is 2.35. The fourth-order valence-electron chi connectivity index (χ4n) is 3.20. The van der Waals surface area contributed by atoms with Gasteiger partial charge >= 0.3 is 0 Å². The minimum absolute atomic E-state index is 0.172. The van der Waals surface area contributed by atoms with E-state index in [0.717, 1.165) is 35.5 Å². The molecule has 0 fully saturated rings. The lowest BCUT2D eigenvalue weighted by atomic mass is 9.85. The first-order chi connectivity index (χ1) is 10.6. The van der Waals surface area contributed by atoms with E-state index in [0.29, 0.717) is 16.5 Å². The van der Waals surface area contributed by atoms with Crippen molar-refractivity contribution in [3.8, 4) is 0 Å². The number of nitrogens with one attached hydrogen (secondary N) is 1. The Hall–Kier alpha value is -1.78. The van der Waals surface area contributed by atoms with Crippen LogP contribution < -0.4 is 5.32 Å². The van der Waals surface area contributed by atoms with Gasteiger partial charge in [-0.25, -0.2) is 4.68 Å². The first kappa shape index (κ1) is 13.9. The maximum absolute atomic E-state index is 12.5. The van der Waals surface area contributed by atoms with Crippen molar-refractivity contribution in [2.75, 3.05) is 5.32 Å². The van der Waals surface area contributed by atoms with E-state index in [-0.39, 0.29) is 11.8 Å². The Bertz CT molecular complexity index is 809. The van der Waals surface area contributed by atoms with Crippen LogP contribution in [0.5, 0.6) is 0 Å². The molecular formula is C16H13Cl2N3O. The highest BCUT2D eigenvalue weighted by atomic mass is 35.5. The number of halogens is 2. The summed E-state index contributed by atoms with van der Waals surface area (Å²) < 4.78 is 1.83. The van der Waals surface area contributed by atoms with E-state index >= 15 is 0 Å². The van der Waals surface area contributed by atoms with Gasteiger partial charge in [-0.2, -0.15) is 5.10 Å². The van der Waals surface area contributed by atoms with Crippen LogP contribution in [0.15, 0.2) is 41.7 Å². The average Bonchev–Trinajstić information content (AvgIpc) is 2.96. The molecule has 0 amide bonds.